The third kappa shape index (κ3) is 3.17. The second-order valence-electron chi connectivity index (χ2n) is 4.45. The fourth-order valence-corrected chi connectivity index (χ4v) is 2.03. The zero-order chi connectivity index (χ0) is 14.5. The van der Waals surface area contributed by atoms with E-state index in [1.54, 1.807) is 28.9 Å². The van der Waals surface area contributed by atoms with Crippen molar-refractivity contribution in [2.75, 3.05) is 38.5 Å². The van der Waals surface area contributed by atoms with Crippen molar-refractivity contribution in [2.24, 2.45) is 0 Å². The summed E-state index contributed by atoms with van der Waals surface area (Å²) in [6, 6.07) is 3.19. The molecule has 7 heteroatoms. The SMILES string of the molecule is CCOC(=O)N1CCN(C(=O)c2cc(N)ccn2)CC1. The van der Waals surface area contributed by atoms with Gasteiger partial charge < -0.3 is 20.3 Å². The van der Waals surface area contributed by atoms with Crippen molar-refractivity contribution in [1.29, 1.82) is 0 Å². The number of nitrogens with zero attached hydrogens (tertiary/aromatic N) is 3. The van der Waals surface area contributed by atoms with Crippen molar-refractivity contribution in [3.63, 3.8) is 0 Å². The Morgan fingerprint density at radius 2 is 1.95 bits per heavy atom. The number of carbonyl (C=O) groups excluding carboxylic acids is 2. The lowest BCUT2D eigenvalue weighted by molar-refractivity contribution is 0.0566. The van der Waals surface area contributed by atoms with Gasteiger partial charge in [-0.25, -0.2) is 4.79 Å². The standard InChI is InChI=1S/C13H18N4O3/c1-2-20-13(19)17-7-5-16(6-8-17)12(18)11-9-10(14)3-4-15-11/h3-4,9H,2,5-8H2,1H3,(H2,14,15). The average molecular weight is 278 g/mol. The number of pyridine rings is 1. The summed E-state index contributed by atoms with van der Waals surface area (Å²) in [5.41, 5.74) is 6.48. The predicted octanol–water partition coefficient (Wildman–Crippen LogP) is 0.578. The van der Waals surface area contributed by atoms with Gasteiger partial charge in [0.05, 0.1) is 6.61 Å². The minimum atomic E-state index is -0.332. The van der Waals surface area contributed by atoms with Crippen molar-refractivity contribution in [3.8, 4) is 0 Å². The maximum absolute atomic E-state index is 12.2. The molecule has 1 aliphatic rings. The topological polar surface area (TPSA) is 88.8 Å². The highest BCUT2D eigenvalue weighted by molar-refractivity contribution is 5.93. The number of aromatic nitrogens is 1. The number of rotatable bonds is 2. The molecule has 0 spiro atoms. The largest absolute Gasteiger partial charge is 0.450 e. The molecule has 1 aromatic rings. The van der Waals surface area contributed by atoms with E-state index in [1.165, 1.54) is 6.20 Å². The highest BCUT2D eigenvalue weighted by Gasteiger charge is 2.25. The van der Waals surface area contributed by atoms with E-state index >= 15 is 0 Å². The number of amides is 2. The monoisotopic (exact) mass is 278 g/mol. The lowest BCUT2D eigenvalue weighted by Gasteiger charge is -2.33. The van der Waals surface area contributed by atoms with E-state index in [1.807, 2.05) is 0 Å². The lowest BCUT2D eigenvalue weighted by Crippen LogP contribution is -2.50. The van der Waals surface area contributed by atoms with Gasteiger partial charge in [-0.05, 0) is 19.1 Å². The molecule has 0 saturated carbocycles. The minimum Gasteiger partial charge on any atom is -0.450 e. The Balaban J connectivity index is 1.93. The fraction of sp³-hybridized carbons (Fsp3) is 0.462. The van der Waals surface area contributed by atoms with Gasteiger partial charge in [-0.1, -0.05) is 0 Å². The van der Waals surface area contributed by atoms with Gasteiger partial charge >= 0.3 is 6.09 Å². The first-order chi connectivity index (χ1) is 9.61. The summed E-state index contributed by atoms with van der Waals surface area (Å²) in [5.74, 6) is -0.166. The van der Waals surface area contributed by atoms with Gasteiger partial charge in [0.1, 0.15) is 5.69 Å². The molecule has 7 nitrogen and oxygen atoms in total. The van der Waals surface area contributed by atoms with E-state index in [4.69, 9.17) is 10.5 Å². The number of hydrogen-bond donors (Lipinski definition) is 1. The van der Waals surface area contributed by atoms with Crippen molar-refractivity contribution >= 4 is 17.7 Å². The molecule has 0 atom stereocenters. The van der Waals surface area contributed by atoms with Crippen LogP contribution in [0.3, 0.4) is 0 Å². The molecule has 0 aromatic carbocycles. The normalized spacial score (nSPS) is 15.1. The molecule has 1 aliphatic heterocycles. The number of anilines is 1. The molecule has 108 valence electrons. The number of carbonyl (C=O) groups is 2. The van der Waals surface area contributed by atoms with E-state index in [0.717, 1.165) is 0 Å². The maximum atomic E-state index is 12.2. The van der Waals surface area contributed by atoms with Crippen LogP contribution in [0.4, 0.5) is 10.5 Å². The number of piperazine rings is 1. The molecule has 1 saturated heterocycles. The Morgan fingerprint density at radius 1 is 1.30 bits per heavy atom. The molecule has 2 rings (SSSR count). The van der Waals surface area contributed by atoms with Crippen LogP contribution in [-0.2, 0) is 4.74 Å². The molecule has 0 aliphatic carbocycles. The Labute approximate surface area is 117 Å². The molecule has 2 amide bonds. The number of ether oxygens (including phenoxy) is 1. The van der Waals surface area contributed by atoms with E-state index in [9.17, 15) is 9.59 Å². The summed E-state index contributed by atoms with van der Waals surface area (Å²) in [4.78, 5) is 31.1. The molecule has 0 unspecified atom stereocenters. The smallest absolute Gasteiger partial charge is 0.409 e. The van der Waals surface area contributed by atoms with Crippen molar-refractivity contribution < 1.29 is 14.3 Å². The number of nitrogens with two attached hydrogens (primary N) is 1. The van der Waals surface area contributed by atoms with Gasteiger partial charge in [-0.3, -0.25) is 9.78 Å². The van der Waals surface area contributed by atoms with Gasteiger partial charge in [-0.2, -0.15) is 0 Å². The van der Waals surface area contributed by atoms with Gasteiger partial charge in [0.2, 0.25) is 0 Å². The van der Waals surface area contributed by atoms with E-state index in [-0.39, 0.29) is 12.0 Å². The molecule has 1 fully saturated rings. The molecular formula is C13H18N4O3. The highest BCUT2D eigenvalue weighted by atomic mass is 16.6. The first-order valence-electron chi connectivity index (χ1n) is 6.54. The van der Waals surface area contributed by atoms with E-state index in [2.05, 4.69) is 4.98 Å². The van der Waals surface area contributed by atoms with Crippen LogP contribution in [0.5, 0.6) is 0 Å². The zero-order valence-corrected chi connectivity index (χ0v) is 11.4. The molecule has 0 bridgehead atoms. The van der Waals surface area contributed by atoms with E-state index in [0.29, 0.717) is 44.2 Å². The average Bonchev–Trinajstić information content (AvgIpc) is 2.47. The summed E-state index contributed by atoms with van der Waals surface area (Å²) in [5, 5.41) is 0. The molecule has 1 aromatic heterocycles. The van der Waals surface area contributed by atoms with Crippen molar-refractivity contribution in [2.45, 2.75) is 6.92 Å². The first-order valence-corrected chi connectivity index (χ1v) is 6.54. The molecule has 20 heavy (non-hydrogen) atoms. The van der Waals surface area contributed by atoms with Crippen LogP contribution in [0.25, 0.3) is 0 Å². The second kappa shape index (κ2) is 6.23. The Hall–Kier alpha value is -2.31. The zero-order valence-electron chi connectivity index (χ0n) is 11.4. The van der Waals surface area contributed by atoms with E-state index < -0.39 is 0 Å². The Morgan fingerprint density at radius 3 is 2.55 bits per heavy atom. The second-order valence-corrected chi connectivity index (χ2v) is 4.45. The van der Waals surface area contributed by atoms with Gasteiger partial charge in [0.25, 0.3) is 5.91 Å². The van der Waals surface area contributed by atoms with Crippen LogP contribution in [0.1, 0.15) is 17.4 Å². The quantitative estimate of drug-likeness (QED) is 0.854. The summed E-state index contributed by atoms with van der Waals surface area (Å²) >= 11 is 0. The summed E-state index contributed by atoms with van der Waals surface area (Å²) in [7, 11) is 0. The first kappa shape index (κ1) is 14.1. The summed E-state index contributed by atoms with van der Waals surface area (Å²) in [6.45, 7) is 3.98. The molecular weight excluding hydrogens is 260 g/mol. The lowest BCUT2D eigenvalue weighted by atomic mass is 10.2. The predicted molar refractivity (Wildman–Crippen MR) is 73.1 cm³/mol. The van der Waals surface area contributed by atoms with Gasteiger partial charge in [0.15, 0.2) is 0 Å². The van der Waals surface area contributed by atoms with Crippen LogP contribution in [0.15, 0.2) is 18.3 Å². The Bertz CT molecular complexity index is 498. The van der Waals surface area contributed by atoms with Crippen LogP contribution in [0, 0.1) is 0 Å². The minimum absolute atomic E-state index is 0.166. The fourth-order valence-electron chi connectivity index (χ4n) is 2.03. The maximum Gasteiger partial charge on any atom is 0.409 e. The molecule has 2 heterocycles. The van der Waals surface area contributed by atoms with Crippen LogP contribution >= 0.6 is 0 Å². The number of hydrogen-bond acceptors (Lipinski definition) is 5. The van der Waals surface area contributed by atoms with Gasteiger partial charge in [0, 0.05) is 38.1 Å². The van der Waals surface area contributed by atoms with Crippen LogP contribution < -0.4 is 5.73 Å². The highest BCUT2D eigenvalue weighted by Crippen LogP contribution is 2.10. The van der Waals surface area contributed by atoms with Crippen LogP contribution in [0.2, 0.25) is 0 Å². The van der Waals surface area contributed by atoms with Crippen molar-refractivity contribution in [3.05, 3.63) is 24.0 Å². The molecule has 2 N–H and O–H groups in total. The summed E-state index contributed by atoms with van der Waals surface area (Å²) < 4.78 is 4.93. The van der Waals surface area contributed by atoms with Gasteiger partial charge in [-0.15, -0.1) is 0 Å². The number of nitrogen functional groups attached to an aromatic ring is 1. The third-order valence-corrected chi connectivity index (χ3v) is 3.10. The Kier molecular flexibility index (Phi) is 4.39. The van der Waals surface area contributed by atoms with Crippen molar-refractivity contribution in [1.82, 2.24) is 14.8 Å². The summed E-state index contributed by atoms with van der Waals surface area (Å²) in [6.07, 6.45) is 1.18. The van der Waals surface area contributed by atoms with Crippen LogP contribution in [-0.4, -0.2) is 59.6 Å². The third-order valence-electron chi connectivity index (χ3n) is 3.10. The molecule has 0 radical (unpaired) electrons.